The third-order valence-electron chi connectivity index (χ3n) is 10.0. The zero-order valence-corrected chi connectivity index (χ0v) is 29.7. The summed E-state index contributed by atoms with van der Waals surface area (Å²) in [5.41, 5.74) is 6.48. The lowest BCUT2D eigenvalue weighted by atomic mass is 9.94. The molecule has 270 valence electrons. The second kappa shape index (κ2) is 15.8. The number of hydrogen-bond donors (Lipinski definition) is 2. The maximum Gasteiger partial charge on any atom is 0.256 e. The van der Waals surface area contributed by atoms with Gasteiger partial charge in [-0.25, -0.2) is 0 Å². The van der Waals surface area contributed by atoms with Gasteiger partial charge in [-0.3, -0.25) is 14.6 Å². The molecule has 7 rings (SSSR count). The minimum Gasteiger partial charge on any atom is -0.493 e. The van der Waals surface area contributed by atoms with Gasteiger partial charge in [0.05, 0.1) is 44.1 Å². The van der Waals surface area contributed by atoms with Crippen LogP contribution < -0.4 is 20.1 Å². The number of anilines is 1. The predicted octanol–water partition coefficient (Wildman–Crippen LogP) is 4.68. The third-order valence-corrected chi connectivity index (χ3v) is 10.0. The first-order valence-corrected chi connectivity index (χ1v) is 17.8. The predicted molar refractivity (Wildman–Crippen MR) is 200 cm³/mol. The molecule has 11 nitrogen and oxygen atoms in total. The second-order valence-corrected chi connectivity index (χ2v) is 13.2. The van der Waals surface area contributed by atoms with Crippen molar-refractivity contribution in [3.05, 3.63) is 124 Å². The van der Waals surface area contributed by atoms with Gasteiger partial charge < -0.3 is 39.4 Å². The highest BCUT2D eigenvalue weighted by atomic mass is 16.5. The number of methoxy groups -OCH3 is 2. The van der Waals surface area contributed by atoms with Crippen LogP contribution in [0.5, 0.6) is 11.5 Å². The number of hydrogen-bond acceptors (Lipinski definition) is 9. The summed E-state index contributed by atoms with van der Waals surface area (Å²) in [7, 11) is 3.13. The van der Waals surface area contributed by atoms with Gasteiger partial charge in [0.25, 0.3) is 11.8 Å². The molecule has 52 heavy (non-hydrogen) atoms. The number of benzene rings is 3. The van der Waals surface area contributed by atoms with Crippen LogP contribution in [-0.2, 0) is 40.2 Å². The lowest BCUT2D eigenvalue weighted by molar-refractivity contribution is -0.128. The summed E-state index contributed by atoms with van der Waals surface area (Å²) in [5.74, 6) is 1.80. The number of carbonyl (C=O) groups is 2. The molecule has 0 saturated carbocycles. The zero-order chi connectivity index (χ0) is 36.0. The fraction of sp³-hybridized carbons (Fsp3) is 0.341. The van der Waals surface area contributed by atoms with Crippen molar-refractivity contribution in [1.29, 1.82) is 0 Å². The van der Waals surface area contributed by atoms with E-state index < -0.39 is 0 Å². The molecule has 3 aromatic rings. The molecule has 11 heteroatoms. The molecule has 2 atom stereocenters. The van der Waals surface area contributed by atoms with E-state index >= 15 is 0 Å². The fourth-order valence-electron chi connectivity index (χ4n) is 7.22. The van der Waals surface area contributed by atoms with Gasteiger partial charge in [-0.2, -0.15) is 0 Å². The number of nitrogens with one attached hydrogen (secondary N) is 2. The molecular formula is C41H45N5O6. The van der Waals surface area contributed by atoms with Gasteiger partial charge in [-0.1, -0.05) is 55.1 Å². The number of amides is 2. The Kier molecular flexibility index (Phi) is 10.6. The van der Waals surface area contributed by atoms with Crippen molar-refractivity contribution in [3.63, 3.8) is 0 Å². The summed E-state index contributed by atoms with van der Waals surface area (Å²) in [6, 6.07) is 20.0. The molecule has 4 aliphatic rings. The van der Waals surface area contributed by atoms with Crippen LogP contribution in [0, 0.1) is 0 Å². The van der Waals surface area contributed by atoms with E-state index in [0.717, 1.165) is 17.7 Å². The maximum absolute atomic E-state index is 13.7. The maximum atomic E-state index is 13.7. The molecule has 3 aromatic carbocycles. The van der Waals surface area contributed by atoms with Crippen LogP contribution >= 0.6 is 0 Å². The van der Waals surface area contributed by atoms with Crippen molar-refractivity contribution in [2.75, 3.05) is 58.9 Å². The monoisotopic (exact) mass is 703 g/mol. The van der Waals surface area contributed by atoms with E-state index in [2.05, 4.69) is 52.5 Å². The molecule has 4 heterocycles. The van der Waals surface area contributed by atoms with Crippen LogP contribution in [0.15, 0.2) is 101 Å². The van der Waals surface area contributed by atoms with Crippen LogP contribution in [0.4, 0.5) is 5.69 Å². The number of rotatable bonds is 10. The van der Waals surface area contributed by atoms with Gasteiger partial charge in [-0.15, -0.1) is 0 Å². The number of ether oxygens (including phenoxy) is 4. The molecule has 0 aliphatic carbocycles. The van der Waals surface area contributed by atoms with Crippen LogP contribution in [0.3, 0.4) is 0 Å². The molecule has 4 aliphatic heterocycles. The first-order valence-electron chi connectivity index (χ1n) is 17.8. The van der Waals surface area contributed by atoms with Gasteiger partial charge in [0, 0.05) is 50.6 Å². The van der Waals surface area contributed by atoms with E-state index in [0.29, 0.717) is 93.1 Å². The Bertz CT molecular complexity index is 1940. The molecule has 0 radical (unpaired) electrons. The Labute approximate surface area is 304 Å². The van der Waals surface area contributed by atoms with Crippen LogP contribution in [-0.4, -0.2) is 93.5 Å². The fourth-order valence-corrected chi connectivity index (χ4v) is 7.22. The largest absolute Gasteiger partial charge is 0.493 e. The van der Waals surface area contributed by atoms with Crippen LogP contribution in [0.25, 0.3) is 0 Å². The normalized spacial score (nSPS) is 22.2. The SMILES string of the molecule is C=C1/C=C(OC)\C(OCCNCCOc2cc3c(cc2OC)C(=O)N2Cc4ccccc4C[C@H]2CN3)=C/C/N=C\[C@@H]2Cc3ccccc3CN2C1=O. The first kappa shape index (κ1) is 34.9. The van der Waals surface area contributed by atoms with Crippen molar-refractivity contribution < 1.29 is 28.5 Å². The van der Waals surface area contributed by atoms with Crippen molar-refractivity contribution in [2.45, 2.75) is 38.0 Å². The Morgan fingerprint density at radius 3 is 2.25 bits per heavy atom. The van der Waals surface area contributed by atoms with E-state index in [1.807, 2.05) is 46.4 Å². The Morgan fingerprint density at radius 2 is 1.52 bits per heavy atom. The van der Waals surface area contributed by atoms with Gasteiger partial charge in [0.1, 0.15) is 13.2 Å². The standard InChI is InChI=1S/C41H45N5O6/c1-27-18-37(49-2)36(12-13-43-23-32-19-28-8-4-6-10-30(28)25-45(32)40(27)47)51-16-14-42-15-17-52-39-22-35-34(21-38(39)50-3)41(48)46-26-31-11-7-5-9-29(31)20-33(46)24-44-35/h4-12,18,21-23,32-33,42,44H,1,13-17,19-20,24-26H2,2-3H3/b36-12+,37-18+,43-23-/t32-,33-/m0/s1. The van der Waals surface area contributed by atoms with Gasteiger partial charge in [0.2, 0.25) is 0 Å². The first-order chi connectivity index (χ1) is 25.4. The minimum absolute atomic E-state index is 0.0110. The topological polar surface area (TPSA) is 114 Å². The Balaban J connectivity index is 0.924. The molecule has 0 saturated heterocycles. The van der Waals surface area contributed by atoms with E-state index in [-0.39, 0.29) is 23.9 Å². The minimum atomic E-state index is -0.168. The number of aliphatic imine (C=N–C) groups is 1. The Hall–Kier alpha value is -5.55. The lowest BCUT2D eigenvalue weighted by Gasteiger charge is -2.35. The van der Waals surface area contributed by atoms with E-state index in [1.54, 1.807) is 26.4 Å². The van der Waals surface area contributed by atoms with E-state index in [9.17, 15) is 9.59 Å². The molecule has 2 N–H and O–H groups in total. The van der Waals surface area contributed by atoms with Crippen molar-refractivity contribution >= 4 is 23.7 Å². The number of fused-ring (bicyclic) bond motifs is 5. The molecular weight excluding hydrogens is 658 g/mol. The van der Waals surface area contributed by atoms with Crippen molar-refractivity contribution in [1.82, 2.24) is 15.1 Å². The molecule has 0 unspecified atom stereocenters. The molecule has 0 bridgehead atoms. The number of nitrogens with zero attached hydrogens (tertiary/aromatic N) is 3. The highest BCUT2D eigenvalue weighted by molar-refractivity contribution is 6.01. The Morgan fingerprint density at radius 1 is 0.827 bits per heavy atom. The van der Waals surface area contributed by atoms with Crippen molar-refractivity contribution in [3.8, 4) is 11.5 Å². The van der Waals surface area contributed by atoms with E-state index in [4.69, 9.17) is 18.9 Å². The summed E-state index contributed by atoms with van der Waals surface area (Å²) in [6.45, 7) is 7.99. The number of carbonyl (C=O) groups excluding carboxylic acids is 2. The summed E-state index contributed by atoms with van der Waals surface area (Å²) in [5, 5.41) is 6.83. The highest BCUT2D eigenvalue weighted by Gasteiger charge is 2.35. The zero-order valence-electron chi connectivity index (χ0n) is 29.7. The van der Waals surface area contributed by atoms with E-state index in [1.165, 1.54) is 16.7 Å². The summed E-state index contributed by atoms with van der Waals surface area (Å²) >= 11 is 0. The lowest BCUT2D eigenvalue weighted by Crippen LogP contribution is -2.45. The van der Waals surface area contributed by atoms with Gasteiger partial charge >= 0.3 is 0 Å². The molecule has 2 amide bonds. The molecule has 0 spiro atoms. The van der Waals surface area contributed by atoms with Gasteiger partial charge in [0.15, 0.2) is 23.0 Å². The smallest absolute Gasteiger partial charge is 0.256 e. The van der Waals surface area contributed by atoms with Gasteiger partial charge in [-0.05, 0) is 53.3 Å². The second-order valence-electron chi connectivity index (χ2n) is 13.2. The summed E-state index contributed by atoms with van der Waals surface area (Å²) < 4.78 is 23.5. The average Bonchev–Trinajstić information content (AvgIpc) is 3.31. The van der Waals surface area contributed by atoms with Crippen molar-refractivity contribution in [2.24, 2.45) is 4.99 Å². The molecule has 0 aromatic heterocycles. The van der Waals surface area contributed by atoms with Crippen LogP contribution in [0.1, 0.15) is 32.6 Å². The summed E-state index contributed by atoms with van der Waals surface area (Å²) in [4.78, 5) is 35.6. The molecule has 0 fully saturated rings. The third kappa shape index (κ3) is 7.41. The summed E-state index contributed by atoms with van der Waals surface area (Å²) in [6.07, 6.45) is 6.86. The quantitative estimate of drug-likeness (QED) is 0.231. The van der Waals surface area contributed by atoms with Crippen LogP contribution in [0.2, 0.25) is 0 Å². The highest BCUT2D eigenvalue weighted by Crippen LogP contribution is 2.37. The average molecular weight is 704 g/mol.